The third-order valence-corrected chi connectivity index (χ3v) is 4.72. The van der Waals surface area contributed by atoms with E-state index in [1.54, 1.807) is 63.4 Å². The highest BCUT2D eigenvalue weighted by atomic mass is 35.5. The van der Waals surface area contributed by atoms with E-state index in [-0.39, 0.29) is 17.3 Å². The minimum absolute atomic E-state index is 0.172. The van der Waals surface area contributed by atoms with Gasteiger partial charge in [-0.2, -0.15) is 0 Å². The summed E-state index contributed by atoms with van der Waals surface area (Å²) in [6.45, 7) is 3.57. The Morgan fingerprint density at radius 1 is 1.04 bits per heavy atom. The van der Waals surface area contributed by atoms with Crippen molar-refractivity contribution < 1.29 is 14.3 Å². The number of carbonyl (C=O) groups excluding carboxylic acids is 2. The molecule has 0 radical (unpaired) electrons. The first-order chi connectivity index (χ1) is 12.8. The summed E-state index contributed by atoms with van der Waals surface area (Å²) in [6, 6.07) is 11.6. The molecule has 0 spiro atoms. The summed E-state index contributed by atoms with van der Waals surface area (Å²) in [5.41, 5.74) is 1.47. The van der Waals surface area contributed by atoms with Crippen LogP contribution < -0.4 is 10.1 Å². The molecule has 140 valence electrons. The van der Waals surface area contributed by atoms with E-state index in [9.17, 15) is 9.59 Å². The number of amides is 2. The van der Waals surface area contributed by atoms with Crippen LogP contribution in [0.2, 0.25) is 10.0 Å². The molecular weight excluding hydrogens is 387 g/mol. The summed E-state index contributed by atoms with van der Waals surface area (Å²) in [6.07, 6.45) is 0. The van der Waals surface area contributed by atoms with Gasteiger partial charge in [-0.1, -0.05) is 35.3 Å². The van der Waals surface area contributed by atoms with Crippen molar-refractivity contribution >= 4 is 46.3 Å². The van der Waals surface area contributed by atoms with Crippen LogP contribution in [0.4, 0.5) is 5.69 Å². The van der Waals surface area contributed by atoms with Crippen molar-refractivity contribution in [1.82, 2.24) is 4.90 Å². The van der Waals surface area contributed by atoms with Gasteiger partial charge in [-0.25, -0.2) is 0 Å². The smallest absolute Gasteiger partial charge is 0.278 e. The first-order valence-corrected chi connectivity index (χ1v) is 9.07. The van der Waals surface area contributed by atoms with Crippen LogP contribution in [0.5, 0.6) is 5.75 Å². The lowest BCUT2D eigenvalue weighted by Gasteiger charge is -2.19. The summed E-state index contributed by atoms with van der Waals surface area (Å²) < 4.78 is 5.22. The highest BCUT2D eigenvalue weighted by Gasteiger charge is 2.41. The lowest BCUT2D eigenvalue weighted by molar-refractivity contribution is -0.138. The normalized spacial score (nSPS) is 14.4. The predicted octanol–water partition coefficient (Wildman–Crippen LogP) is 4.60. The van der Waals surface area contributed by atoms with Crippen LogP contribution in [0.15, 0.2) is 48.2 Å². The number of carbonyl (C=O) groups is 2. The second kappa shape index (κ2) is 7.62. The van der Waals surface area contributed by atoms with E-state index in [4.69, 9.17) is 27.9 Å². The Balaban J connectivity index is 2.14. The van der Waals surface area contributed by atoms with Crippen LogP contribution >= 0.6 is 23.2 Å². The molecule has 5 nitrogen and oxygen atoms in total. The summed E-state index contributed by atoms with van der Waals surface area (Å²) in [4.78, 5) is 27.2. The summed E-state index contributed by atoms with van der Waals surface area (Å²) in [5.74, 6) is -0.174. The zero-order valence-corrected chi connectivity index (χ0v) is 16.6. The van der Waals surface area contributed by atoms with Crippen LogP contribution in [0.25, 0.3) is 5.57 Å². The van der Waals surface area contributed by atoms with Gasteiger partial charge < -0.3 is 10.1 Å². The molecule has 0 atom stereocenters. The molecule has 0 saturated heterocycles. The van der Waals surface area contributed by atoms with Gasteiger partial charge >= 0.3 is 0 Å². The number of anilines is 1. The molecule has 3 rings (SSSR count). The van der Waals surface area contributed by atoms with Crippen molar-refractivity contribution in [3.05, 3.63) is 63.8 Å². The standard InChI is InChI=1S/C20H18Cl2N2O3/c1-11(2)24-19(25)17(15-8-7-12(21)9-16(15)22)18(20(24)26)23-13-5-4-6-14(10-13)27-3/h4-11,23H,1-3H3. The highest BCUT2D eigenvalue weighted by molar-refractivity contribution is 6.41. The Kier molecular flexibility index (Phi) is 5.44. The Morgan fingerprint density at radius 3 is 2.41 bits per heavy atom. The largest absolute Gasteiger partial charge is 0.497 e. The Labute approximate surface area is 167 Å². The average Bonchev–Trinajstić information content (AvgIpc) is 2.86. The van der Waals surface area contributed by atoms with E-state index in [1.165, 1.54) is 4.90 Å². The van der Waals surface area contributed by atoms with E-state index < -0.39 is 11.8 Å². The number of benzene rings is 2. The first-order valence-electron chi connectivity index (χ1n) is 8.32. The van der Waals surface area contributed by atoms with E-state index in [2.05, 4.69) is 5.32 Å². The number of ether oxygens (including phenoxy) is 1. The van der Waals surface area contributed by atoms with Crippen LogP contribution in [0.1, 0.15) is 19.4 Å². The van der Waals surface area contributed by atoms with Gasteiger partial charge in [0.05, 0.1) is 17.7 Å². The van der Waals surface area contributed by atoms with E-state index in [1.807, 2.05) is 0 Å². The summed E-state index contributed by atoms with van der Waals surface area (Å²) in [5, 5.41) is 3.82. The third kappa shape index (κ3) is 3.66. The van der Waals surface area contributed by atoms with Gasteiger partial charge in [-0.05, 0) is 38.1 Å². The number of methoxy groups -OCH3 is 1. The van der Waals surface area contributed by atoms with Crippen molar-refractivity contribution in [1.29, 1.82) is 0 Å². The molecular formula is C20H18Cl2N2O3. The van der Waals surface area contributed by atoms with Gasteiger partial charge in [-0.15, -0.1) is 0 Å². The van der Waals surface area contributed by atoms with Crippen LogP contribution in [0, 0.1) is 0 Å². The Bertz CT molecular complexity index is 954. The van der Waals surface area contributed by atoms with Crippen molar-refractivity contribution in [2.45, 2.75) is 19.9 Å². The second-order valence-corrected chi connectivity index (χ2v) is 7.15. The van der Waals surface area contributed by atoms with E-state index >= 15 is 0 Å². The molecule has 1 N–H and O–H groups in total. The monoisotopic (exact) mass is 404 g/mol. The molecule has 2 aromatic rings. The van der Waals surface area contributed by atoms with Crippen LogP contribution in [-0.2, 0) is 9.59 Å². The molecule has 0 aliphatic carbocycles. The number of nitrogens with one attached hydrogen (secondary N) is 1. The topological polar surface area (TPSA) is 58.6 Å². The number of rotatable bonds is 5. The molecule has 0 aromatic heterocycles. The van der Waals surface area contributed by atoms with Gasteiger partial charge in [0.1, 0.15) is 11.4 Å². The molecule has 0 fully saturated rings. The van der Waals surface area contributed by atoms with Gasteiger partial charge in [0.25, 0.3) is 11.8 Å². The molecule has 0 bridgehead atoms. The van der Waals surface area contributed by atoms with Crippen molar-refractivity contribution in [3.8, 4) is 5.75 Å². The molecule has 0 saturated carbocycles. The number of hydrogen-bond acceptors (Lipinski definition) is 4. The van der Waals surface area contributed by atoms with E-state index in [0.717, 1.165) is 0 Å². The number of hydrogen-bond donors (Lipinski definition) is 1. The van der Waals surface area contributed by atoms with Crippen LogP contribution in [0.3, 0.4) is 0 Å². The maximum Gasteiger partial charge on any atom is 0.278 e. The predicted molar refractivity (Wildman–Crippen MR) is 107 cm³/mol. The maximum absolute atomic E-state index is 13.0. The van der Waals surface area contributed by atoms with Crippen molar-refractivity contribution in [2.24, 2.45) is 0 Å². The summed E-state index contributed by atoms with van der Waals surface area (Å²) >= 11 is 12.3. The average molecular weight is 405 g/mol. The molecule has 7 heteroatoms. The maximum atomic E-state index is 13.0. The fourth-order valence-corrected chi connectivity index (χ4v) is 3.42. The zero-order chi connectivity index (χ0) is 19.7. The molecule has 1 heterocycles. The fourth-order valence-electron chi connectivity index (χ4n) is 2.92. The Morgan fingerprint density at radius 2 is 1.78 bits per heavy atom. The van der Waals surface area contributed by atoms with Gasteiger partial charge in [-0.3, -0.25) is 14.5 Å². The lowest BCUT2D eigenvalue weighted by atomic mass is 10.0. The molecule has 1 aliphatic rings. The number of nitrogens with zero attached hydrogens (tertiary/aromatic N) is 1. The number of halogens is 2. The summed E-state index contributed by atoms with van der Waals surface area (Å²) in [7, 11) is 1.56. The second-order valence-electron chi connectivity index (χ2n) is 6.31. The molecule has 0 unspecified atom stereocenters. The number of imide groups is 1. The SMILES string of the molecule is COc1cccc(NC2=C(c3ccc(Cl)cc3Cl)C(=O)N(C(C)C)C2=O)c1. The van der Waals surface area contributed by atoms with Crippen LogP contribution in [-0.4, -0.2) is 29.9 Å². The minimum atomic E-state index is -0.404. The minimum Gasteiger partial charge on any atom is -0.497 e. The molecule has 27 heavy (non-hydrogen) atoms. The van der Waals surface area contributed by atoms with Crippen molar-refractivity contribution in [2.75, 3.05) is 12.4 Å². The quantitative estimate of drug-likeness (QED) is 0.739. The van der Waals surface area contributed by atoms with Gasteiger partial charge in [0, 0.05) is 28.4 Å². The zero-order valence-electron chi connectivity index (χ0n) is 15.0. The van der Waals surface area contributed by atoms with E-state index in [0.29, 0.717) is 27.0 Å². The molecule has 1 aliphatic heterocycles. The van der Waals surface area contributed by atoms with Crippen molar-refractivity contribution in [3.63, 3.8) is 0 Å². The molecule has 2 amide bonds. The lowest BCUT2D eigenvalue weighted by Crippen LogP contribution is -2.38. The van der Waals surface area contributed by atoms with Gasteiger partial charge in [0.15, 0.2) is 0 Å². The first kappa shape index (κ1) is 19.3. The highest BCUT2D eigenvalue weighted by Crippen LogP contribution is 2.36. The fraction of sp³-hybridized carbons (Fsp3) is 0.200. The Hall–Kier alpha value is -2.50. The molecule has 2 aromatic carbocycles. The van der Waals surface area contributed by atoms with Gasteiger partial charge in [0.2, 0.25) is 0 Å². The third-order valence-electron chi connectivity index (χ3n) is 4.17.